The van der Waals surface area contributed by atoms with Crippen LogP contribution >= 0.6 is 23.5 Å². The first-order valence-corrected chi connectivity index (χ1v) is 9.51. The molecule has 0 saturated heterocycles. The number of aliphatic hydroxyl groups excluding tert-OH is 1. The van der Waals surface area contributed by atoms with E-state index in [-0.39, 0.29) is 18.0 Å². The molecule has 0 aromatic heterocycles. The SMILES string of the molecule is CC(C)CCSC(C)(C)C(=O)NC1NN=C(C(C)(C)CO)S1. The fourth-order valence-corrected chi connectivity index (χ4v) is 3.90. The summed E-state index contributed by atoms with van der Waals surface area (Å²) in [6.45, 7) is 12.2. The summed E-state index contributed by atoms with van der Waals surface area (Å²) in [6, 6.07) is 0. The average Bonchev–Trinajstić information content (AvgIpc) is 2.87. The Kier molecular flexibility index (Phi) is 7.08. The molecule has 3 N–H and O–H groups in total. The molecule has 22 heavy (non-hydrogen) atoms. The summed E-state index contributed by atoms with van der Waals surface area (Å²) in [7, 11) is 0. The van der Waals surface area contributed by atoms with Crippen LogP contribution in [0.2, 0.25) is 0 Å². The molecule has 1 unspecified atom stereocenters. The molecule has 0 radical (unpaired) electrons. The number of thioether (sulfide) groups is 2. The fourth-order valence-electron chi connectivity index (χ4n) is 1.63. The molecule has 1 heterocycles. The van der Waals surface area contributed by atoms with Gasteiger partial charge in [-0.2, -0.15) is 5.10 Å². The van der Waals surface area contributed by atoms with E-state index in [0.29, 0.717) is 5.92 Å². The van der Waals surface area contributed by atoms with Crippen molar-refractivity contribution in [2.24, 2.45) is 16.4 Å². The molecule has 0 bridgehead atoms. The van der Waals surface area contributed by atoms with E-state index in [9.17, 15) is 9.90 Å². The third-order valence-corrected chi connectivity index (χ3v) is 6.13. The molecule has 1 aliphatic heterocycles. The van der Waals surface area contributed by atoms with Gasteiger partial charge in [-0.15, -0.1) is 11.8 Å². The van der Waals surface area contributed by atoms with Crippen molar-refractivity contribution in [2.45, 2.75) is 58.2 Å². The van der Waals surface area contributed by atoms with Gasteiger partial charge in [0.25, 0.3) is 0 Å². The van der Waals surface area contributed by atoms with Crippen molar-refractivity contribution in [3.8, 4) is 0 Å². The second kappa shape index (κ2) is 7.93. The second-order valence-corrected chi connectivity index (χ2v) is 9.91. The highest BCUT2D eigenvalue weighted by Gasteiger charge is 2.35. The summed E-state index contributed by atoms with van der Waals surface area (Å²) in [4.78, 5) is 12.4. The number of carbonyl (C=O) groups is 1. The molecular formula is C15H29N3O2S2. The molecule has 1 amide bonds. The molecule has 1 rings (SSSR count). The van der Waals surface area contributed by atoms with Gasteiger partial charge in [0, 0.05) is 5.41 Å². The lowest BCUT2D eigenvalue weighted by atomic mass is 9.97. The van der Waals surface area contributed by atoms with E-state index in [4.69, 9.17) is 0 Å². The number of nitrogens with one attached hydrogen (secondary N) is 2. The summed E-state index contributed by atoms with van der Waals surface area (Å²) in [5.41, 5.74) is 2.27. The zero-order chi connectivity index (χ0) is 17.0. The molecule has 0 fully saturated rings. The summed E-state index contributed by atoms with van der Waals surface area (Å²) in [6.07, 6.45) is 1.11. The first kappa shape index (κ1) is 19.6. The minimum atomic E-state index is -0.466. The van der Waals surface area contributed by atoms with Crippen LogP contribution in [-0.2, 0) is 4.79 Å². The highest BCUT2D eigenvalue weighted by molar-refractivity contribution is 8.14. The number of hydrazone groups is 1. The van der Waals surface area contributed by atoms with Gasteiger partial charge in [-0.25, -0.2) is 0 Å². The Morgan fingerprint density at radius 3 is 2.64 bits per heavy atom. The van der Waals surface area contributed by atoms with Crippen molar-refractivity contribution in [3.05, 3.63) is 0 Å². The van der Waals surface area contributed by atoms with Crippen molar-refractivity contribution in [2.75, 3.05) is 12.4 Å². The van der Waals surface area contributed by atoms with Crippen molar-refractivity contribution >= 4 is 34.5 Å². The van der Waals surface area contributed by atoms with Gasteiger partial charge in [-0.05, 0) is 31.9 Å². The van der Waals surface area contributed by atoms with Gasteiger partial charge in [-0.3, -0.25) is 10.2 Å². The normalized spacial score (nSPS) is 19.1. The minimum absolute atomic E-state index is 0.00418. The Morgan fingerprint density at radius 1 is 1.45 bits per heavy atom. The molecule has 7 heteroatoms. The molecule has 128 valence electrons. The van der Waals surface area contributed by atoms with E-state index >= 15 is 0 Å². The highest BCUT2D eigenvalue weighted by Crippen LogP contribution is 2.31. The Labute approximate surface area is 142 Å². The van der Waals surface area contributed by atoms with Crippen LogP contribution in [0, 0.1) is 11.3 Å². The van der Waals surface area contributed by atoms with Crippen LogP contribution in [0.25, 0.3) is 0 Å². The molecule has 0 aromatic carbocycles. The third kappa shape index (κ3) is 5.66. The first-order valence-electron chi connectivity index (χ1n) is 7.64. The number of rotatable bonds is 8. The van der Waals surface area contributed by atoms with E-state index < -0.39 is 10.2 Å². The van der Waals surface area contributed by atoms with Gasteiger partial charge in [0.2, 0.25) is 5.91 Å². The number of hydrogen-bond donors (Lipinski definition) is 3. The van der Waals surface area contributed by atoms with Crippen LogP contribution in [-0.4, -0.2) is 38.7 Å². The van der Waals surface area contributed by atoms with E-state index in [1.807, 2.05) is 27.7 Å². The number of nitrogens with zero attached hydrogens (tertiary/aromatic N) is 1. The quantitative estimate of drug-likeness (QED) is 0.629. The maximum Gasteiger partial charge on any atom is 0.237 e. The van der Waals surface area contributed by atoms with Crippen molar-refractivity contribution in [3.63, 3.8) is 0 Å². The van der Waals surface area contributed by atoms with E-state index in [0.717, 1.165) is 17.2 Å². The summed E-state index contributed by atoms with van der Waals surface area (Å²) in [5, 5.41) is 17.4. The average molecular weight is 348 g/mol. The number of carbonyl (C=O) groups excluding carboxylic acids is 1. The van der Waals surface area contributed by atoms with Crippen LogP contribution in [0.5, 0.6) is 0 Å². The summed E-state index contributed by atoms with van der Waals surface area (Å²) < 4.78 is -0.466. The van der Waals surface area contributed by atoms with Crippen molar-refractivity contribution < 1.29 is 9.90 Å². The lowest BCUT2D eigenvalue weighted by molar-refractivity contribution is -0.123. The zero-order valence-electron chi connectivity index (χ0n) is 14.4. The Balaban J connectivity index is 2.46. The summed E-state index contributed by atoms with van der Waals surface area (Å²) in [5.74, 6) is 1.63. The molecule has 5 nitrogen and oxygen atoms in total. The van der Waals surface area contributed by atoms with E-state index in [1.54, 1.807) is 11.8 Å². The predicted octanol–water partition coefficient (Wildman–Crippen LogP) is 2.61. The second-order valence-electron chi connectivity index (χ2n) is 7.10. The minimum Gasteiger partial charge on any atom is -0.395 e. The van der Waals surface area contributed by atoms with Crippen molar-refractivity contribution in [1.29, 1.82) is 0 Å². The summed E-state index contributed by atoms with van der Waals surface area (Å²) >= 11 is 3.14. The van der Waals surface area contributed by atoms with Gasteiger partial charge >= 0.3 is 0 Å². The molecule has 1 aliphatic rings. The maximum absolute atomic E-state index is 12.4. The van der Waals surface area contributed by atoms with Crippen LogP contribution in [0.1, 0.15) is 48.0 Å². The van der Waals surface area contributed by atoms with Crippen molar-refractivity contribution in [1.82, 2.24) is 10.7 Å². The van der Waals surface area contributed by atoms with E-state index in [1.165, 1.54) is 11.8 Å². The molecule has 1 atom stereocenters. The largest absolute Gasteiger partial charge is 0.395 e. The molecule has 0 aromatic rings. The van der Waals surface area contributed by atoms with Gasteiger partial charge in [0.15, 0.2) is 5.50 Å². The third-order valence-electron chi connectivity index (χ3n) is 3.45. The Morgan fingerprint density at radius 2 is 2.09 bits per heavy atom. The van der Waals surface area contributed by atoms with Gasteiger partial charge < -0.3 is 10.4 Å². The maximum atomic E-state index is 12.4. The van der Waals surface area contributed by atoms with Gasteiger partial charge in [-0.1, -0.05) is 39.5 Å². The highest BCUT2D eigenvalue weighted by atomic mass is 32.2. The van der Waals surface area contributed by atoms with Gasteiger partial charge in [0.05, 0.1) is 11.4 Å². The fraction of sp³-hybridized carbons (Fsp3) is 0.867. The lowest BCUT2D eigenvalue weighted by Crippen LogP contribution is -2.47. The smallest absolute Gasteiger partial charge is 0.237 e. The van der Waals surface area contributed by atoms with Gasteiger partial charge in [0.1, 0.15) is 5.04 Å². The van der Waals surface area contributed by atoms with Crippen LogP contribution in [0.3, 0.4) is 0 Å². The predicted molar refractivity (Wildman–Crippen MR) is 97.0 cm³/mol. The molecule has 0 saturated carbocycles. The van der Waals surface area contributed by atoms with Crippen LogP contribution in [0.15, 0.2) is 5.10 Å². The number of aliphatic hydroxyl groups is 1. The topological polar surface area (TPSA) is 73.7 Å². The monoisotopic (exact) mass is 347 g/mol. The first-order chi connectivity index (χ1) is 10.1. The molecule has 0 aliphatic carbocycles. The lowest BCUT2D eigenvalue weighted by Gasteiger charge is -2.26. The number of amides is 1. The Bertz CT molecular complexity index is 423. The zero-order valence-corrected chi connectivity index (χ0v) is 16.0. The van der Waals surface area contributed by atoms with Crippen LogP contribution < -0.4 is 10.7 Å². The van der Waals surface area contributed by atoms with Crippen LogP contribution in [0.4, 0.5) is 0 Å². The van der Waals surface area contributed by atoms with E-state index in [2.05, 4.69) is 29.7 Å². The standard InChI is InChI=1S/C15H29N3O2S2/c1-10(2)7-8-21-15(5,6)11(20)16-13-18-17-12(22-13)14(3,4)9-19/h10,13,18-19H,7-9H2,1-6H3,(H,16,20). The molecular weight excluding hydrogens is 318 g/mol. The molecule has 0 spiro atoms. The number of hydrogen-bond acceptors (Lipinski definition) is 6. The Hall–Kier alpha value is -0.400.